The first-order valence-corrected chi connectivity index (χ1v) is 7.48. The molecule has 0 unspecified atom stereocenters. The molecular formula is C16H24O4. The van der Waals surface area contributed by atoms with E-state index in [0.29, 0.717) is 12.8 Å². The summed E-state index contributed by atoms with van der Waals surface area (Å²) in [5.74, 6) is -0.249. The van der Waals surface area contributed by atoms with Crippen molar-refractivity contribution in [3.05, 3.63) is 24.3 Å². The highest BCUT2D eigenvalue weighted by atomic mass is 16.5. The molecule has 0 aromatic rings. The van der Waals surface area contributed by atoms with Crippen molar-refractivity contribution in [2.45, 2.75) is 57.3 Å². The number of fused-ring (bicyclic) bond motifs is 1. The highest BCUT2D eigenvalue weighted by Gasteiger charge is 2.35. The molecule has 1 heterocycles. The molecule has 0 aromatic heterocycles. The largest absolute Gasteiger partial charge is 0.460 e. The summed E-state index contributed by atoms with van der Waals surface area (Å²) in [6, 6.07) is 0. The van der Waals surface area contributed by atoms with E-state index in [2.05, 4.69) is 12.2 Å². The maximum absolute atomic E-state index is 11.6. The van der Waals surface area contributed by atoms with E-state index < -0.39 is 12.1 Å². The molecule has 2 aliphatic rings. The zero-order chi connectivity index (χ0) is 14.5. The van der Waals surface area contributed by atoms with E-state index in [1.165, 1.54) is 12.2 Å². The predicted molar refractivity (Wildman–Crippen MR) is 75.9 cm³/mol. The van der Waals surface area contributed by atoms with Crippen LogP contribution in [0.2, 0.25) is 0 Å². The Hall–Kier alpha value is -1.13. The summed E-state index contributed by atoms with van der Waals surface area (Å²) in [7, 11) is 0. The summed E-state index contributed by atoms with van der Waals surface area (Å²) in [5, 5.41) is 20.0. The number of aliphatic hydroxyl groups is 2. The first-order valence-electron chi connectivity index (χ1n) is 7.48. The average Bonchev–Trinajstić information content (AvgIpc) is 2.76. The second-order valence-corrected chi connectivity index (χ2v) is 5.91. The van der Waals surface area contributed by atoms with Crippen LogP contribution >= 0.6 is 0 Å². The minimum absolute atomic E-state index is 0.0246. The third-order valence-electron chi connectivity index (χ3n) is 4.19. The smallest absolute Gasteiger partial charge is 0.330 e. The van der Waals surface area contributed by atoms with Crippen LogP contribution in [0.15, 0.2) is 24.3 Å². The second-order valence-electron chi connectivity index (χ2n) is 5.91. The first kappa shape index (κ1) is 15.3. The summed E-state index contributed by atoms with van der Waals surface area (Å²) in [6.07, 6.45) is 9.87. The van der Waals surface area contributed by atoms with Crippen molar-refractivity contribution in [1.82, 2.24) is 0 Å². The number of allylic oxidation sites excluding steroid dienone is 2. The molecule has 0 amide bonds. The lowest BCUT2D eigenvalue weighted by molar-refractivity contribution is -0.142. The molecule has 5 atom stereocenters. The number of carbonyl (C=O) groups excluding carboxylic acids is 1. The monoisotopic (exact) mass is 280 g/mol. The molecule has 1 aliphatic carbocycles. The number of ether oxygens (including phenoxy) is 1. The minimum Gasteiger partial charge on any atom is -0.460 e. The van der Waals surface area contributed by atoms with Crippen molar-refractivity contribution in [1.29, 1.82) is 0 Å². The standard InChI is InChI=1S/C16H24O4/c1-11-5-3-2-4-6-12-9-13(17)10-14(12)15(18)7-8-16(19)20-11/h4,6-8,11-15,17-18H,2-3,5,9-10H2,1H3/b6-4+,8-7+/t11-,12-,13+,14+,15-/m1/s1. The Kier molecular flexibility index (Phi) is 5.38. The van der Waals surface area contributed by atoms with E-state index in [-0.39, 0.29) is 24.0 Å². The summed E-state index contributed by atoms with van der Waals surface area (Å²) in [5.41, 5.74) is 0. The Bertz CT molecular complexity index is 388. The Balaban J connectivity index is 2.11. The topological polar surface area (TPSA) is 66.8 Å². The highest BCUT2D eigenvalue weighted by Crippen LogP contribution is 2.36. The fourth-order valence-electron chi connectivity index (χ4n) is 3.10. The van der Waals surface area contributed by atoms with E-state index in [1.54, 1.807) is 0 Å². The fraction of sp³-hybridized carbons (Fsp3) is 0.688. The van der Waals surface area contributed by atoms with Crippen LogP contribution in [0.5, 0.6) is 0 Å². The molecule has 0 radical (unpaired) electrons. The number of esters is 1. The molecule has 20 heavy (non-hydrogen) atoms. The molecule has 112 valence electrons. The fourth-order valence-corrected chi connectivity index (χ4v) is 3.10. The van der Waals surface area contributed by atoms with Gasteiger partial charge in [-0.05, 0) is 56.9 Å². The minimum atomic E-state index is -0.717. The summed E-state index contributed by atoms with van der Waals surface area (Å²) >= 11 is 0. The number of rotatable bonds is 0. The third-order valence-corrected chi connectivity index (χ3v) is 4.19. The van der Waals surface area contributed by atoms with Crippen molar-refractivity contribution in [3.63, 3.8) is 0 Å². The van der Waals surface area contributed by atoms with Crippen molar-refractivity contribution in [3.8, 4) is 0 Å². The van der Waals surface area contributed by atoms with Gasteiger partial charge >= 0.3 is 5.97 Å². The quantitative estimate of drug-likeness (QED) is 0.526. The van der Waals surface area contributed by atoms with Gasteiger partial charge in [0, 0.05) is 6.08 Å². The zero-order valence-electron chi connectivity index (χ0n) is 11.9. The maximum Gasteiger partial charge on any atom is 0.330 e. The van der Waals surface area contributed by atoms with E-state index in [1.807, 2.05) is 6.92 Å². The molecule has 0 aromatic carbocycles. The number of aliphatic hydroxyl groups excluding tert-OH is 2. The Labute approximate surface area is 120 Å². The zero-order valence-corrected chi connectivity index (χ0v) is 11.9. The third kappa shape index (κ3) is 4.18. The Morgan fingerprint density at radius 2 is 2.05 bits per heavy atom. The van der Waals surface area contributed by atoms with Gasteiger partial charge < -0.3 is 14.9 Å². The van der Waals surface area contributed by atoms with Crippen molar-refractivity contribution in [2.24, 2.45) is 11.8 Å². The van der Waals surface area contributed by atoms with E-state index >= 15 is 0 Å². The van der Waals surface area contributed by atoms with Crippen LogP contribution in [-0.4, -0.2) is 34.5 Å². The summed E-state index contributed by atoms with van der Waals surface area (Å²) < 4.78 is 5.23. The van der Waals surface area contributed by atoms with Crippen LogP contribution in [0.1, 0.15) is 39.0 Å². The van der Waals surface area contributed by atoms with E-state index in [9.17, 15) is 15.0 Å². The lowest BCUT2D eigenvalue weighted by atomic mass is 9.90. The van der Waals surface area contributed by atoms with Gasteiger partial charge in [-0.25, -0.2) is 4.79 Å². The van der Waals surface area contributed by atoms with Gasteiger partial charge in [0.15, 0.2) is 0 Å². The molecule has 1 saturated carbocycles. The first-order chi connectivity index (χ1) is 9.56. The molecule has 0 spiro atoms. The number of hydrogen-bond acceptors (Lipinski definition) is 4. The van der Waals surface area contributed by atoms with Crippen LogP contribution in [0, 0.1) is 11.8 Å². The van der Waals surface area contributed by atoms with Gasteiger partial charge in [0.05, 0.1) is 18.3 Å². The lowest BCUT2D eigenvalue weighted by Crippen LogP contribution is -2.21. The van der Waals surface area contributed by atoms with Gasteiger partial charge in [-0.1, -0.05) is 12.2 Å². The Morgan fingerprint density at radius 3 is 2.85 bits per heavy atom. The summed E-state index contributed by atoms with van der Waals surface area (Å²) in [4.78, 5) is 11.6. The van der Waals surface area contributed by atoms with Crippen molar-refractivity contribution >= 4 is 5.97 Å². The number of hydrogen-bond donors (Lipinski definition) is 2. The van der Waals surface area contributed by atoms with E-state index in [4.69, 9.17) is 4.74 Å². The summed E-state index contributed by atoms with van der Waals surface area (Å²) in [6.45, 7) is 1.89. The SMILES string of the molecule is C[C@@H]1CCC/C=C/[C@@H]2C[C@H](O)C[C@@H]2[C@H](O)/C=C/C(=O)O1. The van der Waals surface area contributed by atoms with Gasteiger partial charge in [0.1, 0.15) is 0 Å². The molecule has 2 rings (SSSR count). The van der Waals surface area contributed by atoms with Crippen molar-refractivity contribution in [2.75, 3.05) is 0 Å². The van der Waals surface area contributed by atoms with Gasteiger partial charge in [0.2, 0.25) is 0 Å². The Morgan fingerprint density at radius 1 is 1.25 bits per heavy atom. The second kappa shape index (κ2) is 7.04. The number of carbonyl (C=O) groups is 1. The van der Waals surface area contributed by atoms with E-state index in [0.717, 1.165) is 19.3 Å². The van der Waals surface area contributed by atoms with Gasteiger partial charge in [-0.2, -0.15) is 0 Å². The normalized spacial score (nSPS) is 42.5. The van der Waals surface area contributed by atoms with Crippen LogP contribution in [0.4, 0.5) is 0 Å². The average molecular weight is 280 g/mol. The molecule has 2 N–H and O–H groups in total. The lowest BCUT2D eigenvalue weighted by Gasteiger charge is -2.19. The van der Waals surface area contributed by atoms with Gasteiger partial charge in [0.25, 0.3) is 0 Å². The molecule has 0 bridgehead atoms. The van der Waals surface area contributed by atoms with Crippen LogP contribution in [-0.2, 0) is 9.53 Å². The van der Waals surface area contributed by atoms with Gasteiger partial charge in [-0.15, -0.1) is 0 Å². The molecular weight excluding hydrogens is 256 g/mol. The molecule has 1 fully saturated rings. The predicted octanol–water partition coefficient (Wildman–Crippen LogP) is 1.96. The molecule has 1 aliphatic heterocycles. The maximum atomic E-state index is 11.6. The molecule has 4 nitrogen and oxygen atoms in total. The van der Waals surface area contributed by atoms with Crippen LogP contribution in [0.3, 0.4) is 0 Å². The highest BCUT2D eigenvalue weighted by molar-refractivity contribution is 5.82. The number of cyclic esters (lactones) is 1. The molecule has 0 saturated heterocycles. The van der Waals surface area contributed by atoms with Gasteiger partial charge in [-0.3, -0.25) is 0 Å². The van der Waals surface area contributed by atoms with Crippen molar-refractivity contribution < 1.29 is 19.7 Å². The molecule has 4 heteroatoms. The van der Waals surface area contributed by atoms with Crippen LogP contribution < -0.4 is 0 Å². The van der Waals surface area contributed by atoms with Crippen LogP contribution in [0.25, 0.3) is 0 Å².